The largest absolute Gasteiger partial charge is 0.320 e. The Morgan fingerprint density at radius 3 is 2.35 bits per heavy atom. The number of hydrogen-bond donors (Lipinski definition) is 1. The van der Waals surface area contributed by atoms with Gasteiger partial charge in [-0.2, -0.15) is 0 Å². The van der Waals surface area contributed by atoms with Crippen molar-refractivity contribution in [1.82, 2.24) is 0 Å². The molecule has 0 heterocycles. The monoisotopic (exact) mass is 329 g/mol. The molecule has 0 aliphatic rings. The molecule has 1 atom stereocenters. The summed E-state index contributed by atoms with van der Waals surface area (Å²) < 4.78 is 0.971. The lowest BCUT2D eigenvalue weighted by atomic mass is 10.00. The maximum absolute atomic E-state index is 6.21. The smallest absolute Gasteiger partial charge is 0.0577 e. The van der Waals surface area contributed by atoms with Crippen molar-refractivity contribution >= 4 is 39.1 Å². The molecule has 0 aromatic heterocycles. The number of hydrogen-bond acceptors (Lipinski definition) is 1. The van der Waals surface area contributed by atoms with E-state index in [0.29, 0.717) is 10.0 Å². The Hall–Kier alpha value is -0.540. The Bertz CT molecular complexity index is 543. The second-order valence-electron chi connectivity index (χ2n) is 3.67. The standard InChI is InChI=1S/C13H10BrCl2N/c14-11-4-2-1-3-9(11)13(17)10-6-5-8(15)7-12(10)16/h1-7,13H,17H2. The first-order valence-electron chi connectivity index (χ1n) is 5.04. The SMILES string of the molecule is NC(c1ccc(Cl)cc1Cl)c1ccccc1Br. The van der Waals surface area contributed by atoms with Crippen LogP contribution in [0.4, 0.5) is 0 Å². The molecule has 0 bridgehead atoms. The summed E-state index contributed by atoms with van der Waals surface area (Å²) in [6.45, 7) is 0. The fraction of sp³-hybridized carbons (Fsp3) is 0.0769. The van der Waals surface area contributed by atoms with E-state index in [0.717, 1.165) is 15.6 Å². The third-order valence-corrected chi connectivity index (χ3v) is 3.82. The van der Waals surface area contributed by atoms with Crippen LogP contribution in [0.2, 0.25) is 10.0 Å². The highest BCUT2D eigenvalue weighted by molar-refractivity contribution is 9.10. The zero-order valence-corrected chi connectivity index (χ0v) is 11.9. The van der Waals surface area contributed by atoms with Crippen molar-refractivity contribution in [3.05, 3.63) is 68.1 Å². The molecule has 2 aromatic rings. The molecule has 0 saturated heterocycles. The molecular weight excluding hydrogens is 321 g/mol. The Balaban J connectivity index is 2.44. The lowest BCUT2D eigenvalue weighted by Crippen LogP contribution is -2.12. The lowest BCUT2D eigenvalue weighted by molar-refractivity contribution is 0.866. The van der Waals surface area contributed by atoms with E-state index in [2.05, 4.69) is 15.9 Å². The molecule has 0 aliphatic heterocycles. The number of halogens is 3. The van der Waals surface area contributed by atoms with E-state index >= 15 is 0 Å². The predicted octanol–water partition coefficient (Wildman–Crippen LogP) is 4.80. The van der Waals surface area contributed by atoms with E-state index in [1.165, 1.54) is 0 Å². The second-order valence-corrected chi connectivity index (χ2v) is 5.36. The van der Waals surface area contributed by atoms with Gasteiger partial charge < -0.3 is 5.73 Å². The van der Waals surface area contributed by atoms with Gasteiger partial charge in [-0.1, -0.05) is 63.4 Å². The van der Waals surface area contributed by atoms with Crippen LogP contribution in [0.25, 0.3) is 0 Å². The molecule has 88 valence electrons. The molecular formula is C13H10BrCl2N. The fourth-order valence-corrected chi connectivity index (χ4v) is 2.71. The van der Waals surface area contributed by atoms with Crippen LogP contribution in [0.15, 0.2) is 46.9 Å². The van der Waals surface area contributed by atoms with Gasteiger partial charge in [-0.05, 0) is 29.3 Å². The highest BCUT2D eigenvalue weighted by Crippen LogP contribution is 2.31. The minimum absolute atomic E-state index is 0.268. The van der Waals surface area contributed by atoms with Crippen molar-refractivity contribution in [2.75, 3.05) is 0 Å². The Morgan fingerprint density at radius 1 is 1.00 bits per heavy atom. The van der Waals surface area contributed by atoms with Crippen molar-refractivity contribution in [1.29, 1.82) is 0 Å². The molecule has 0 amide bonds. The highest BCUT2D eigenvalue weighted by atomic mass is 79.9. The summed E-state index contributed by atoms with van der Waals surface area (Å²) in [6.07, 6.45) is 0. The van der Waals surface area contributed by atoms with E-state index in [1.54, 1.807) is 12.1 Å². The Labute approximate surface area is 119 Å². The van der Waals surface area contributed by atoms with Crippen LogP contribution in [0, 0.1) is 0 Å². The molecule has 2 rings (SSSR count). The molecule has 2 aromatic carbocycles. The van der Waals surface area contributed by atoms with Gasteiger partial charge in [-0.3, -0.25) is 0 Å². The van der Waals surface area contributed by atoms with E-state index in [9.17, 15) is 0 Å². The average molecular weight is 331 g/mol. The summed E-state index contributed by atoms with van der Waals surface area (Å²) in [7, 11) is 0. The molecule has 4 heteroatoms. The summed E-state index contributed by atoms with van der Waals surface area (Å²) in [6, 6.07) is 12.9. The van der Waals surface area contributed by atoms with Crippen LogP contribution in [0.5, 0.6) is 0 Å². The molecule has 0 spiro atoms. The predicted molar refractivity (Wildman–Crippen MR) is 76.6 cm³/mol. The van der Waals surface area contributed by atoms with Crippen LogP contribution in [0.1, 0.15) is 17.2 Å². The van der Waals surface area contributed by atoms with Crippen LogP contribution < -0.4 is 5.73 Å². The topological polar surface area (TPSA) is 26.0 Å². The van der Waals surface area contributed by atoms with E-state index in [1.807, 2.05) is 30.3 Å². The molecule has 0 aliphatic carbocycles. The second kappa shape index (κ2) is 5.40. The molecule has 1 nitrogen and oxygen atoms in total. The van der Waals surface area contributed by atoms with Gasteiger partial charge in [0.1, 0.15) is 0 Å². The van der Waals surface area contributed by atoms with Gasteiger partial charge in [0.15, 0.2) is 0 Å². The first kappa shape index (κ1) is 12.9. The molecule has 0 saturated carbocycles. The third kappa shape index (κ3) is 2.83. The first-order chi connectivity index (χ1) is 8.09. The van der Waals surface area contributed by atoms with Crippen molar-refractivity contribution in [2.24, 2.45) is 5.73 Å². The van der Waals surface area contributed by atoms with Crippen LogP contribution in [-0.2, 0) is 0 Å². The van der Waals surface area contributed by atoms with E-state index < -0.39 is 0 Å². The lowest BCUT2D eigenvalue weighted by Gasteiger charge is -2.15. The van der Waals surface area contributed by atoms with Crippen molar-refractivity contribution in [3.8, 4) is 0 Å². The number of nitrogens with two attached hydrogens (primary N) is 1. The van der Waals surface area contributed by atoms with Gasteiger partial charge in [0.05, 0.1) is 6.04 Å². The third-order valence-electron chi connectivity index (χ3n) is 2.54. The van der Waals surface area contributed by atoms with Gasteiger partial charge in [0.2, 0.25) is 0 Å². The maximum Gasteiger partial charge on any atom is 0.0577 e. The minimum Gasteiger partial charge on any atom is -0.320 e. The first-order valence-corrected chi connectivity index (χ1v) is 6.59. The summed E-state index contributed by atoms with van der Waals surface area (Å²) in [4.78, 5) is 0. The van der Waals surface area contributed by atoms with Crippen molar-refractivity contribution in [3.63, 3.8) is 0 Å². The molecule has 2 N–H and O–H groups in total. The van der Waals surface area contributed by atoms with Gasteiger partial charge >= 0.3 is 0 Å². The summed E-state index contributed by atoms with van der Waals surface area (Å²) in [5.41, 5.74) is 8.07. The fourth-order valence-electron chi connectivity index (χ4n) is 1.65. The molecule has 0 radical (unpaired) electrons. The molecule has 17 heavy (non-hydrogen) atoms. The van der Waals surface area contributed by atoms with Crippen molar-refractivity contribution in [2.45, 2.75) is 6.04 Å². The van der Waals surface area contributed by atoms with Crippen LogP contribution >= 0.6 is 39.1 Å². The van der Waals surface area contributed by atoms with Gasteiger partial charge in [-0.25, -0.2) is 0 Å². The normalized spacial score (nSPS) is 12.5. The Morgan fingerprint density at radius 2 is 1.71 bits per heavy atom. The summed E-state index contributed by atoms with van der Waals surface area (Å²) in [5.74, 6) is 0. The van der Waals surface area contributed by atoms with Gasteiger partial charge in [0.25, 0.3) is 0 Å². The molecule has 0 fully saturated rings. The van der Waals surface area contributed by atoms with Gasteiger partial charge in [0, 0.05) is 14.5 Å². The van der Waals surface area contributed by atoms with Crippen molar-refractivity contribution < 1.29 is 0 Å². The quantitative estimate of drug-likeness (QED) is 0.840. The minimum atomic E-state index is -0.268. The zero-order chi connectivity index (χ0) is 12.4. The van der Waals surface area contributed by atoms with Gasteiger partial charge in [-0.15, -0.1) is 0 Å². The maximum atomic E-state index is 6.21. The van der Waals surface area contributed by atoms with Crippen LogP contribution in [0.3, 0.4) is 0 Å². The van der Waals surface area contributed by atoms with E-state index in [4.69, 9.17) is 28.9 Å². The number of rotatable bonds is 2. The average Bonchev–Trinajstić information content (AvgIpc) is 2.29. The molecule has 1 unspecified atom stereocenters. The van der Waals surface area contributed by atoms with Crippen LogP contribution in [-0.4, -0.2) is 0 Å². The highest BCUT2D eigenvalue weighted by Gasteiger charge is 2.14. The van der Waals surface area contributed by atoms with E-state index in [-0.39, 0.29) is 6.04 Å². The summed E-state index contributed by atoms with van der Waals surface area (Å²) >= 11 is 15.5. The zero-order valence-electron chi connectivity index (χ0n) is 8.83. The number of benzene rings is 2. The Kier molecular flexibility index (Phi) is 4.10. The summed E-state index contributed by atoms with van der Waals surface area (Å²) in [5, 5.41) is 1.19.